The Balaban J connectivity index is 1.95. The highest BCUT2D eigenvalue weighted by Gasteiger charge is 2.07. The van der Waals surface area contributed by atoms with Crippen LogP contribution in [0.15, 0.2) is 36.4 Å². The summed E-state index contributed by atoms with van der Waals surface area (Å²) in [6, 6.07) is 12.3. The van der Waals surface area contributed by atoms with Crippen molar-refractivity contribution in [1.29, 1.82) is 0 Å². The van der Waals surface area contributed by atoms with Crippen molar-refractivity contribution in [3.05, 3.63) is 42.0 Å². The van der Waals surface area contributed by atoms with Crippen molar-refractivity contribution in [2.24, 2.45) is 0 Å². The molecular formula is C19H28N2O3S. The van der Waals surface area contributed by atoms with E-state index in [1.165, 1.54) is 0 Å². The highest BCUT2D eigenvalue weighted by Crippen LogP contribution is 2.22. The topological polar surface area (TPSA) is 58.6 Å². The first-order valence-corrected chi connectivity index (χ1v) is 10.3. The number of hydrogen-bond acceptors (Lipinski definition) is 4. The van der Waals surface area contributed by atoms with Gasteiger partial charge in [0.15, 0.2) is 0 Å². The van der Waals surface area contributed by atoms with Gasteiger partial charge in [-0.15, -0.1) is 0 Å². The number of hydrogen-bond donors (Lipinski definition) is 1. The van der Waals surface area contributed by atoms with Crippen molar-refractivity contribution in [3.63, 3.8) is 0 Å². The third-order valence-electron chi connectivity index (χ3n) is 3.89. The Morgan fingerprint density at radius 3 is 2.52 bits per heavy atom. The van der Waals surface area contributed by atoms with E-state index in [4.69, 9.17) is 4.74 Å². The van der Waals surface area contributed by atoms with Crippen LogP contribution in [0, 0.1) is 0 Å². The van der Waals surface area contributed by atoms with Crippen molar-refractivity contribution >= 4 is 20.8 Å². The van der Waals surface area contributed by atoms with Gasteiger partial charge in [-0.3, -0.25) is 0 Å². The van der Waals surface area contributed by atoms with Crippen LogP contribution in [0.3, 0.4) is 0 Å². The van der Waals surface area contributed by atoms with Gasteiger partial charge in [0.2, 0.25) is 10.0 Å². The smallest absolute Gasteiger partial charge is 0.211 e. The monoisotopic (exact) mass is 364 g/mol. The fourth-order valence-electron chi connectivity index (χ4n) is 2.56. The summed E-state index contributed by atoms with van der Waals surface area (Å²) in [6.45, 7) is 3.83. The van der Waals surface area contributed by atoms with E-state index in [1.807, 2.05) is 45.3 Å². The molecule has 0 saturated heterocycles. The predicted octanol–water partition coefficient (Wildman–Crippen LogP) is 2.65. The summed E-state index contributed by atoms with van der Waals surface area (Å²) in [5.74, 6) is 1.05. The molecule has 0 aliphatic carbocycles. The van der Waals surface area contributed by atoms with Crippen LogP contribution in [0.4, 0.5) is 0 Å². The normalized spacial score (nSPS) is 12.0. The molecule has 0 atom stereocenters. The lowest BCUT2D eigenvalue weighted by Crippen LogP contribution is -2.28. The van der Waals surface area contributed by atoms with Gasteiger partial charge in [0, 0.05) is 13.1 Å². The van der Waals surface area contributed by atoms with Gasteiger partial charge in [-0.25, -0.2) is 13.1 Å². The van der Waals surface area contributed by atoms with Crippen molar-refractivity contribution < 1.29 is 13.2 Å². The largest absolute Gasteiger partial charge is 0.492 e. The van der Waals surface area contributed by atoms with E-state index in [0.29, 0.717) is 26.0 Å². The highest BCUT2D eigenvalue weighted by molar-refractivity contribution is 7.89. The molecule has 2 rings (SSSR count). The van der Waals surface area contributed by atoms with Gasteiger partial charge in [0.05, 0.1) is 5.75 Å². The standard InChI is InChI=1S/C19H28N2O3S/c1-4-13-25(22,23)20-10-9-16-5-6-18-15-19(8-7-17(18)14-16)24-12-11-21(2)3/h5-8,14-15,20H,4,9-13H2,1-3H3. The van der Waals surface area contributed by atoms with E-state index in [9.17, 15) is 8.42 Å². The first kappa shape index (κ1) is 19.7. The molecular weight excluding hydrogens is 336 g/mol. The molecule has 2 aromatic carbocycles. The van der Waals surface area contributed by atoms with Crippen molar-refractivity contribution in [1.82, 2.24) is 9.62 Å². The fraction of sp³-hybridized carbons (Fsp3) is 0.474. The lowest BCUT2D eigenvalue weighted by Gasteiger charge is -2.12. The van der Waals surface area contributed by atoms with Gasteiger partial charge >= 0.3 is 0 Å². The second kappa shape index (κ2) is 9.17. The summed E-state index contributed by atoms with van der Waals surface area (Å²) < 4.78 is 31.8. The SMILES string of the molecule is CCCS(=O)(=O)NCCc1ccc2cc(OCCN(C)C)ccc2c1. The average molecular weight is 365 g/mol. The Morgan fingerprint density at radius 1 is 1.08 bits per heavy atom. The van der Waals surface area contributed by atoms with Gasteiger partial charge < -0.3 is 9.64 Å². The quantitative estimate of drug-likeness (QED) is 0.704. The summed E-state index contributed by atoms with van der Waals surface area (Å²) in [6.07, 6.45) is 1.31. The summed E-state index contributed by atoms with van der Waals surface area (Å²) >= 11 is 0. The predicted molar refractivity (Wildman–Crippen MR) is 104 cm³/mol. The number of nitrogens with one attached hydrogen (secondary N) is 1. The maximum Gasteiger partial charge on any atom is 0.211 e. The highest BCUT2D eigenvalue weighted by atomic mass is 32.2. The van der Waals surface area contributed by atoms with E-state index in [-0.39, 0.29) is 5.75 Å². The molecule has 5 nitrogen and oxygen atoms in total. The zero-order valence-corrected chi connectivity index (χ0v) is 16.1. The number of sulfonamides is 1. The van der Waals surface area contributed by atoms with Gasteiger partial charge in [-0.1, -0.05) is 31.2 Å². The molecule has 2 aromatic rings. The number of nitrogens with zero attached hydrogens (tertiary/aromatic N) is 1. The Kier molecular flexibility index (Phi) is 7.23. The van der Waals surface area contributed by atoms with Crippen molar-refractivity contribution in [2.45, 2.75) is 19.8 Å². The number of likely N-dealkylation sites (N-methyl/N-ethyl adjacent to an activating group) is 1. The molecule has 1 N–H and O–H groups in total. The minimum Gasteiger partial charge on any atom is -0.492 e. The second-order valence-electron chi connectivity index (χ2n) is 6.46. The van der Waals surface area contributed by atoms with E-state index >= 15 is 0 Å². The number of fused-ring (bicyclic) bond motifs is 1. The average Bonchev–Trinajstić information content (AvgIpc) is 2.54. The molecule has 6 heteroatoms. The van der Waals surface area contributed by atoms with Gasteiger partial charge in [-0.05, 0) is 55.4 Å². The second-order valence-corrected chi connectivity index (χ2v) is 8.38. The van der Waals surface area contributed by atoms with Gasteiger partial charge in [0.25, 0.3) is 0 Å². The molecule has 0 aliphatic heterocycles. The van der Waals surface area contributed by atoms with E-state index < -0.39 is 10.0 Å². The van der Waals surface area contributed by atoms with Crippen LogP contribution in [0.2, 0.25) is 0 Å². The molecule has 0 bridgehead atoms. The maximum absolute atomic E-state index is 11.7. The van der Waals surface area contributed by atoms with Crippen LogP contribution >= 0.6 is 0 Å². The van der Waals surface area contributed by atoms with Crippen LogP contribution in [0.25, 0.3) is 10.8 Å². The van der Waals surface area contributed by atoms with Gasteiger partial charge in [-0.2, -0.15) is 0 Å². The first-order chi connectivity index (χ1) is 11.9. The first-order valence-electron chi connectivity index (χ1n) is 8.67. The molecule has 0 amide bonds. The number of rotatable bonds is 10. The van der Waals surface area contributed by atoms with Crippen LogP contribution in [-0.4, -0.2) is 52.9 Å². The summed E-state index contributed by atoms with van der Waals surface area (Å²) in [5, 5.41) is 2.26. The molecule has 0 aromatic heterocycles. The molecule has 0 radical (unpaired) electrons. The zero-order chi connectivity index (χ0) is 18.3. The summed E-state index contributed by atoms with van der Waals surface area (Å²) in [5.41, 5.74) is 1.12. The molecule has 0 heterocycles. The van der Waals surface area contributed by atoms with E-state index in [2.05, 4.69) is 21.8 Å². The third kappa shape index (κ3) is 6.65. The fourth-order valence-corrected chi connectivity index (χ4v) is 3.65. The Bertz CT molecular complexity index is 788. The minimum atomic E-state index is -3.13. The Morgan fingerprint density at radius 2 is 1.80 bits per heavy atom. The summed E-state index contributed by atoms with van der Waals surface area (Å²) in [7, 11) is 0.908. The molecule has 25 heavy (non-hydrogen) atoms. The van der Waals surface area contributed by atoms with Crippen LogP contribution in [0.5, 0.6) is 5.75 Å². The molecule has 0 spiro atoms. The molecule has 0 unspecified atom stereocenters. The van der Waals surface area contributed by atoms with Crippen LogP contribution in [-0.2, 0) is 16.4 Å². The minimum absolute atomic E-state index is 0.182. The lowest BCUT2D eigenvalue weighted by molar-refractivity contribution is 0.261. The number of ether oxygens (including phenoxy) is 1. The summed E-state index contributed by atoms with van der Waals surface area (Å²) in [4.78, 5) is 2.09. The maximum atomic E-state index is 11.7. The van der Waals surface area contributed by atoms with Crippen molar-refractivity contribution in [3.8, 4) is 5.75 Å². The Labute approximate surface area is 151 Å². The van der Waals surface area contributed by atoms with E-state index in [1.54, 1.807) is 0 Å². The molecule has 138 valence electrons. The van der Waals surface area contributed by atoms with E-state index in [0.717, 1.165) is 28.6 Å². The molecule has 0 aliphatic rings. The van der Waals surface area contributed by atoms with Crippen LogP contribution < -0.4 is 9.46 Å². The van der Waals surface area contributed by atoms with Crippen LogP contribution in [0.1, 0.15) is 18.9 Å². The Hall–Kier alpha value is -1.63. The zero-order valence-electron chi connectivity index (χ0n) is 15.3. The molecule has 0 saturated carbocycles. The number of benzene rings is 2. The third-order valence-corrected chi connectivity index (χ3v) is 5.48. The van der Waals surface area contributed by atoms with Crippen molar-refractivity contribution in [2.75, 3.05) is 39.5 Å². The molecule has 0 fully saturated rings. The lowest BCUT2D eigenvalue weighted by atomic mass is 10.0. The van der Waals surface area contributed by atoms with Gasteiger partial charge in [0.1, 0.15) is 12.4 Å².